The molecule has 2 amide bonds. The first-order valence-electron chi connectivity index (χ1n) is 9.35. The van der Waals surface area contributed by atoms with Crippen molar-refractivity contribution in [2.75, 3.05) is 6.54 Å². The van der Waals surface area contributed by atoms with Crippen molar-refractivity contribution in [1.82, 2.24) is 4.90 Å². The second kappa shape index (κ2) is 6.56. The molecule has 0 spiro atoms. The fourth-order valence-electron chi connectivity index (χ4n) is 4.57. The van der Waals surface area contributed by atoms with E-state index in [1.165, 1.54) is 4.90 Å². The van der Waals surface area contributed by atoms with Crippen LogP contribution in [-0.4, -0.2) is 23.3 Å². The third kappa shape index (κ3) is 2.27. The number of rotatable bonds is 5. The van der Waals surface area contributed by atoms with E-state index in [0.717, 1.165) is 24.0 Å². The van der Waals surface area contributed by atoms with Crippen LogP contribution in [0.25, 0.3) is 0 Å². The van der Waals surface area contributed by atoms with E-state index in [9.17, 15) is 9.59 Å². The Labute approximate surface area is 154 Å². The molecule has 2 aromatic rings. The number of carbonyl (C=O) groups is 2. The number of piperidine rings is 1. The van der Waals surface area contributed by atoms with Gasteiger partial charge in [0.15, 0.2) is 0 Å². The minimum atomic E-state index is -0.639. The number of imide groups is 1. The van der Waals surface area contributed by atoms with E-state index in [0.29, 0.717) is 6.54 Å². The van der Waals surface area contributed by atoms with Crippen LogP contribution in [0.1, 0.15) is 30.9 Å². The lowest BCUT2D eigenvalue weighted by Gasteiger charge is -2.46. The number of hydrogen-bond acceptors (Lipinski definition) is 2. The van der Waals surface area contributed by atoms with Crippen molar-refractivity contribution in [1.29, 1.82) is 0 Å². The largest absolute Gasteiger partial charge is 0.282 e. The van der Waals surface area contributed by atoms with Gasteiger partial charge in [-0.1, -0.05) is 86.2 Å². The minimum Gasteiger partial charge on any atom is -0.282 e. The molecule has 0 saturated carbocycles. The maximum Gasteiger partial charge on any atom is 0.237 e. The molecule has 1 aliphatic carbocycles. The number of benzene rings is 2. The number of fused-ring (bicyclic) bond motifs is 2. The number of likely N-dealkylation sites (tertiary alicyclic amines) is 1. The summed E-state index contributed by atoms with van der Waals surface area (Å²) < 4.78 is 0. The molecule has 2 aromatic carbocycles. The minimum absolute atomic E-state index is 0.0684. The van der Waals surface area contributed by atoms with Crippen molar-refractivity contribution >= 4 is 11.8 Å². The van der Waals surface area contributed by atoms with E-state index < -0.39 is 5.41 Å². The van der Waals surface area contributed by atoms with Gasteiger partial charge in [0.05, 0.1) is 17.3 Å². The molecule has 2 bridgehead atoms. The summed E-state index contributed by atoms with van der Waals surface area (Å²) in [5, 5.41) is 0. The molecule has 26 heavy (non-hydrogen) atoms. The standard InChI is InChI=1S/C23H23NO2/c1-2-3-16-24-21(25)19-14-15-20(22(24)26)23(19,17-10-6-4-7-11-17)18-12-8-5-9-13-18/h4-15,19-20H,2-3,16H2,1H3. The Kier molecular flexibility index (Phi) is 4.23. The molecule has 0 aromatic heterocycles. The highest BCUT2D eigenvalue weighted by molar-refractivity contribution is 6.06. The molecule has 2 atom stereocenters. The molecule has 1 aliphatic heterocycles. The second-order valence-electron chi connectivity index (χ2n) is 7.12. The summed E-state index contributed by atoms with van der Waals surface area (Å²) >= 11 is 0. The lowest BCUT2D eigenvalue weighted by atomic mass is 9.59. The van der Waals surface area contributed by atoms with E-state index in [-0.39, 0.29) is 23.7 Å². The van der Waals surface area contributed by atoms with Crippen LogP contribution in [0.5, 0.6) is 0 Å². The summed E-state index contributed by atoms with van der Waals surface area (Å²) in [5.74, 6) is -0.818. The lowest BCUT2D eigenvalue weighted by molar-refractivity contribution is -0.155. The smallest absolute Gasteiger partial charge is 0.237 e. The SMILES string of the molecule is CCCCN1C(=O)C2C=CC(C1=O)C2(c1ccccc1)c1ccccc1. The Bertz CT molecular complexity index is 774. The number of amides is 2. The molecular weight excluding hydrogens is 322 g/mol. The Morgan fingerprint density at radius 2 is 1.27 bits per heavy atom. The Morgan fingerprint density at radius 3 is 1.69 bits per heavy atom. The molecule has 3 heteroatoms. The van der Waals surface area contributed by atoms with Crippen LogP contribution in [0.3, 0.4) is 0 Å². The molecule has 1 fully saturated rings. The van der Waals surface area contributed by atoms with Gasteiger partial charge in [-0.2, -0.15) is 0 Å². The fourth-order valence-corrected chi connectivity index (χ4v) is 4.57. The first-order chi connectivity index (χ1) is 12.7. The number of unbranched alkanes of at least 4 members (excludes halogenated alkanes) is 1. The normalized spacial score (nSPS) is 23.5. The van der Waals surface area contributed by atoms with E-state index in [1.807, 2.05) is 72.8 Å². The number of nitrogens with zero attached hydrogens (tertiary/aromatic N) is 1. The highest BCUT2D eigenvalue weighted by atomic mass is 16.2. The zero-order valence-electron chi connectivity index (χ0n) is 15.0. The summed E-state index contributed by atoms with van der Waals surface area (Å²) in [6.07, 6.45) is 5.72. The quantitative estimate of drug-likeness (QED) is 0.608. The van der Waals surface area contributed by atoms with Crippen molar-refractivity contribution in [2.45, 2.75) is 25.2 Å². The van der Waals surface area contributed by atoms with Crippen molar-refractivity contribution < 1.29 is 9.59 Å². The van der Waals surface area contributed by atoms with Crippen LogP contribution < -0.4 is 0 Å². The summed E-state index contributed by atoms with van der Waals surface area (Å²) in [7, 11) is 0. The molecule has 132 valence electrons. The maximum absolute atomic E-state index is 13.3. The fraction of sp³-hybridized carbons (Fsp3) is 0.304. The van der Waals surface area contributed by atoms with E-state index in [2.05, 4.69) is 6.92 Å². The average molecular weight is 345 g/mol. The lowest BCUT2D eigenvalue weighted by Crippen LogP contribution is -2.59. The summed E-state index contributed by atoms with van der Waals surface area (Å²) in [6, 6.07) is 20.1. The van der Waals surface area contributed by atoms with Crippen LogP contribution in [0, 0.1) is 11.8 Å². The molecule has 1 saturated heterocycles. The topological polar surface area (TPSA) is 37.4 Å². The molecule has 0 radical (unpaired) electrons. The van der Waals surface area contributed by atoms with Crippen molar-refractivity contribution in [3.63, 3.8) is 0 Å². The molecule has 1 heterocycles. The Balaban J connectivity index is 1.89. The third-order valence-electron chi connectivity index (χ3n) is 5.78. The predicted octanol–water partition coefficient (Wildman–Crippen LogP) is 3.94. The van der Waals surface area contributed by atoms with Crippen molar-refractivity contribution in [2.24, 2.45) is 11.8 Å². The zero-order chi connectivity index (χ0) is 18.1. The van der Waals surface area contributed by atoms with E-state index in [1.54, 1.807) is 0 Å². The van der Waals surface area contributed by atoms with Crippen LogP contribution in [0.2, 0.25) is 0 Å². The Hall–Kier alpha value is -2.68. The molecule has 4 rings (SSSR count). The molecule has 3 nitrogen and oxygen atoms in total. The van der Waals surface area contributed by atoms with Gasteiger partial charge in [-0.25, -0.2) is 0 Å². The molecular formula is C23H23NO2. The van der Waals surface area contributed by atoms with Gasteiger partial charge in [0.1, 0.15) is 0 Å². The highest BCUT2D eigenvalue weighted by Gasteiger charge is 2.60. The van der Waals surface area contributed by atoms with Crippen molar-refractivity contribution in [3.05, 3.63) is 83.9 Å². The second-order valence-corrected chi connectivity index (χ2v) is 7.12. The molecule has 2 unspecified atom stereocenters. The summed E-state index contributed by atoms with van der Waals surface area (Å²) in [4.78, 5) is 28.1. The van der Waals surface area contributed by atoms with E-state index >= 15 is 0 Å². The van der Waals surface area contributed by atoms with Crippen LogP contribution >= 0.6 is 0 Å². The monoisotopic (exact) mass is 345 g/mol. The summed E-state index contributed by atoms with van der Waals surface area (Å²) in [5.41, 5.74) is 1.42. The van der Waals surface area contributed by atoms with Gasteiger partial charge in [0.25, 0.3) is 0 Å². The predicted molar refractivity (Wildman–Crippen MR) is 101 cm³/mol. The first kappa shape index (κ1) is 16.8. The van der Waals surface area contributed by atoms with Gasteiger partial charge < -0.3 is 0 Å². The Morgan fingerprint density at radius 1 is 0.808 bits per heavy atom. The van der Waals surface area contributed by atoms with E-state index in [4.69, 9.17) is 0 Å². The van der Waals surface area contributed by atoms with Crippen LogP contribution in [0.15, 0.2) is 72.8 Å². The van der Waals surface area contributed by atoms with Gasteiger partial charge in [0, 0.05) is 6.54 Å². The number of carbonyl (C=O) groups excluding carboxylic acids is 2. The molecule has 2 aliphatic rings. The van der Waals surface area contributed by atoms with Gasteiger partial charge in [-0.05, 0) is 17.5 Å². The summed E-state index contributed by atoms with van der Waals surface area (Å²) in [6.45, 7) is 2.59. The number of hydrogen-bond donors (Lipinski definition) is 0. The maximum atomic E-state index is 13.3. The van der Waals surface area contributed by atoms with Crippen LogP contribution in [0.4, 0.5) is 0 Å². The molecule has 0 N–H and O–H groups in total. The highest BCUT2D eigenvalue weighted by Crippen LogP contribution is 2.54. The van der Waals surface area contributed by atoms with Crippen molar-refractivity contribution in [3.8, 4) is 0 Å². The third-order valence-corrected chi connectivity index (χ3v) is 5.78. The van der Waals surface area contributed by atoms with Gasteiger partial charge in [0.2, 0.25) is 11.8 Å². The van der Waals surface area contributed by atoms with Gasteiger partial charge >= 0.3 is 0 Å². The first-order valence-corrected chi connectivity index (χ1v) is 9.35. The van der Waals surface area contributed by atoms with Crippen LogP contribution in [-0.2, 0) is 15.0 Å². The zero-order valence-corrected chi connectivity index (χ0v) is 15.0. The average Bonchev–Trinajstić information content (AvgIpc) is 3.05. The van der Waals surface area contributed by atoms with Gasteiger partial charge in [-0.3, -0.25) is 14.5 Å². The van der Waals surface area contributed by atoms with Gasteiger partial charge in [-0.15, -0.1) is 0 Å².